The van der Waals surface area contributed by atoms with Crippen LogP contribution < -0.4 is 5.32 Å². The number of ether oxygens (including phenoxy) is 2. The second-order valence-corrected chi connectivity index (χ2v) is 7.07. The van der Waals surface area contributed by atoms with Crippen molar-refractivity contribution in [3.63, 3.8) is 0 Å². The number of hydrogen-bond donors (Lipinski definition) is 1. The first-order valence-corrected chi connectivity index (χ1v) is 8.42. The molecule has 8 heteroatoms. The van der Waals surface area contributed by atoms with E-state index in [4.69, 9.17) is 21.1 Å². The van der Waals surface area contributed by atoms with E-state index < -0.39 is 17.7 Å². The fraction of sp³-hybridized carbons (Fsp3) is 0.389. The summed E-state index contributed by atoms with van der Waals surface area (Å²) in [6.45, 7) is 5.73. The molecular weight excluding hydrogens is 358 g/mol. The molecule has 2 rings (SSSR count). The van der Waals surface area contributed by atoms with Crippen LogP contribution in [0.15, 0.2) is 30.5 Å². The lowest BCUT2D eigenvalue weighted by atomic mass is 10.1. The van der Waals surface area contributed by atoms with Crippen LogP contribution in [0.5, 0.6) is 0 Å². The van der Waals surface area contributed by atoms with E-state index in [-0.39, 0.29) is 6.61 Å². The van der Waals surface area contributed by atoms with Gasteiger partial charge in [-0.05, 0) is 38.5 Å². The Bertz CT molecular complexity index is 779. The van der Waals surface area contributed by atoms with Gasteiger partial charge in [-0.3, -0.25) is 0 Å². The number of rotatable bonds is 5. The number of amides is 1. The number of aromatic nitrogens is 2. The molecule has 0 aliphatic carbocycles. The summed E-state index contributed by atoms with van der Waals surface area (Å²) >= 11 is 5.89. The Morgan fingerprint density at radius 1 is 1.23 bits per heavy atom. The highest BCUT2D eigenvalue weighted by atomic mass is 35.5. The largest absolute Gasteiger partial charge is 0.454 e. The molecule has 1 aromatic heterocycles. The summed E-state index contributed by atoms with van der Waals surface area (Å²) in [5.41, 5.74) is 0.699. The molecule has 0 saturated carbocycles. The van der Waals surface area contributed by atoms with E-state index in [0.29, 0.717) is 23.1 Å². The first kappa shape index (κ1) is 19.8. The highest BCUT2D eigenvalue weighted by molar-refractivity contribution is 6.29. The zero-order valence-electron chi connectivity index (χ0n) is 15.2. The molecule has 7 nitrogen and oxygen atoms in total. The van der Waals surface area contributed by atoms with Gasteiger partial charge in [-0.1, -0.05) is 23.7 Å². The van der Waals surface area contributed by atoms with Crippen LogP contribution in [0.3, 0.4) is 0 Å². The van der Waals surface area contributed by atoms with E-state index >= 15 is 0 Å². The molecule has 1 aromatic carbocycles. The minimum atomic E-state index is -0.546. The number of nitrogens with one attached hydrogen (secondary N) is 1. The Hall–Kier alpha value is -2.54. The van der Waals surface area contributed by atoms with Crippen molar-refractivity contribution >= 4 is 23.7 Å². The Balaban J connectivity index is 1.85. The van der Waals surface area contributed by atoms with Crippen molar-refractivity contribution in [3.05, 3.63) is 52.6 Å². The molecule has 1 amide bonds. The van der Waals surface area contributed by atoms with Crippen molar-refractivity contribution in [2.24, 2.45) is 7.05 Å². The quantitative estimate of drug-likeness (QED) is 0.804. The van der Waals surface area contributed by atoms with Crippen LogP contribution in [0.2, 0.25) is 5.15 Å². The zero-order chi connectivity index (χ0) is 19.3. The molecule has 26 heavy (non-hydrogen) atoms. The van der Waals surface area contributed by atoms with Gasteiger partial charge in [0, 0.05) is 13.6 Å². The maximum absolute atomic E-state index is 12.1. The van der Waals surface area contributed by atoms with Crippen molar-refractivity contribution in [1.82, 2.24) is 14.9 Å². The molecule has 0 fully saturated rings. The molecule has 0 saturated heterocycles. The number of hydrogen-bond acceptors (Lipinski definition) is 5. The van der Waals surface area contributed by atoms with Gasteiger partial charge in [0.2, 0.25) is 0 Å². The lowest BCUT2D eigenvalue weighted by Crippen LogP contribution is -2.32. The van der Waals surface area contributed by atoms with Crippen LogP contribution in [0, 0.1) is 0 Å². The highest BCUT2D eigenvalue weighted by Crippen LogP contribution is 2.12. The second kappa shape index (κ2) is 8.23. The maximum Gasteiger partial charge on any atom is 0.407 e. The fourth-order valence-electron chi connectivity index (χ4n) is 2.02. The average Bonchev–Trinajstić information content (AvgIpc) is 2.88. The fourth-order valence-corrected chi connectivity index (χ4v) is 2.17. The van der Waals surface area contributed by atoms with Gasteiger partial charge >= 0.3 is 12.1 Å². The van der Waals surface area contributed by atoms with Crippen LogP contribution in [-0.4, -0.2) is 27.2 Å². The minimum absolute atomic E-state index is 0.0318. The molecule has 0 radical (unpaired) electrons. The van der Waals surface area contributed by atoms with E-state index in [1.165, 1.54) is 6.20 Å². The van der Waals surface area contributed by atoms with Crippen molar-refractivity contribution in [3.8, 4) is 0 Å². The summed E-state index contributed by atoms with van der Waals surface area (Å²) in [4.78, 5) is 27.8. The van der Waals surface area contributed by atoms with Gasteiger partial charge in [0.05, 0.1) is 11.8 Å². The SMILES string of the molecule is Cn1c(Cl)cnc1COC(=O)c1ccc(CNC(=O)OC(C)(C)C)cc1. The normalized spacial score (nSPS) is 11.1. The van der Waals surface area contributed by atoms with Crippen LogP contribution >= 0.6 is 11.6 Å². The Morgan fingerprint density at radius 3 is 2.42 bits per heavy atom. The van der Waals surface area contributed by atoms with Gasteiger partial charge in [0.1, 0.15) is 23.2 Å². The average molecular weight is 380 g/mol. The second-order valence-electron chi connectivity index (χ2n) is 6.68. The van der Waals surface area contributed by atoms with Gasteiger partial charge in [-0.25, -0.2) is 14.6 Å². The summed E-state index contributed by atoms with van der Waals surface area (Å²) in [5.74, 6) is 0.0947. The summed E-state index contributed by atoms with van der Waals surface area (Å²) < 4.78 is 12.0. The number of imidazole rings is 1. The highest BCUT2D eigenvalue weighted by Gasteiger charge is 2.16. The van der Waals surface area contributed by atoms with Crippen LogP contribution in [-0.2, 0) is 29.7 Å². The number of carbonyl (C=O) groups is 2. The summed E-state index contributed by atoms with van der Waals surface area (Å²) in [6, 6.07) is 6.76. The van der Waals surface area contributed by atoms with E-state index in [1.807, 2.05) is 0 Å². The smallest absolute Gasteiger partial charge is 0.407 e. The molecule has 1 heterocycles. The van der Waals surface area contributed by atoms with E-state index in [9.17, 15) is 9.59 Å². The number of esters is 1. The number of benzene rings is 1. The van der Waals surface area contributed by atoms with Crippen molar-refractivity contribution in [2.75, 3.05) is 0 Å². The third kappa shape index (κ3) is 5.77. The monoisotopic (exact) mass is 379 g/mol. The first-order chi connectivity index (χ1) is 12.2. The number of nitrogens with zero attached hydrogens (tertiary/aromatic N) is 2. The van der Waals surface area contributed by atoms with Gasteiger partial charge in [0.25, 0.3) is 0 Å². The minimum Gasteiger partial charge on any atom is -0.454 e. The van der Waals surface area contributed by atoms with E-state index in [2.05, 4.69) is 10.3 Å². The number of carbonyl (C=O) groups excluding carboxylic acids is 2. The third-order valence-electron chi connectivity index (χ3n) is 3.39. The maximum atomic E-state index is 12.1. The number of alkyl carbamates (subject to hydrolysis) is 1. The Kier molecular flexibility index (Phi) is 6.26. The van der Waals surface area contributed by atoms with E-state index in [1.54, 1.807) is 56.7 Å². The van der Waals surface area contributed by atoms with Gasteiger partial charge in [-0.2, -0.15) is 0 Å². The molecule has 1 N–H and O–H groups in total. The molecule has 0 bridgehead atoms. The first-order valence-electron chi connectivity index (χ1n) is 8.05. The summed E-state index contributed by atoms with van der Waals surface area (Å²) in [5, 5.41) is 3.13. The van der Waals surface area contributed by atoms with Gasteiger partial charge in [-0.15, -0.1) is 0 Å². The summed E-state index contributed by atoms with van der Waals surface area (Å²) in [7, 11) is 1.74. The molecule has 0 spiro atoms. The van der Waals surface area contributed by atoms with E-state index in [0.717, 1.165) is 5.56 Å². The Labute approximate surface area is 157 Å². The molecule has 0 aliphatic heterocycles. The molecule has 140 valence electrons. The number of halogens is 1. The summed E-state index contributed by atoms with van der Waals surface area (Å²) in [6.07, 6.45) is 1.01. The molecular formula is C18H22ClN3O4. The van der Waals surface area contributed by atoms with Crippen LogP contribution in [0.25, 0.3) is 0 Å². The predicted octanol–water partition coefficient (Wildman–Crippen LogP) is 3.46. The topological polar surface area (TPSA) is 82.5 Å². The molecule has 0 atom stereocenters. The van der Waals surface area contributed by atoms with Crippen molar-refractivity contribution in [2.45, 2.75) is 39.5 Å². The lowest BCUT2D eigenvalue weighted by molar-refractivity contribution is 0.0457. The zero-order valence-corrected chi connectivity index (χ0v) is 16.0. The van der Waals surface area contributed by atoms with Gasteiger partial charge in [0.15, 0.2) is 0 Å². The predicted molar refractivity (Wildman–Crippen MR) is 96.9 cm³/mol. The van der Waals surface area contributed by atoms with Crippen molar-refractivity contribution < 1.29 is 19.1 Å². The van der Waals surface area contributed by atoms with Crippen LogP contribution in [0.1, 0.15) is 42.5 Å². The lowest BCUT2D eigenvalue weighted by Gasteiger charge is -2.19. The molecule has 0 unspecified atom stereocenters. The molecule has 2 aromatic rings. The standard InChI is InChI=1S/C18H22ClN3O4/c1-18(2,3)26-17(24)21-9-12-5-7-13(8-6-12)16(23)25-11-15-20-10-14(19)22(15)4/h5-8,10H,9,11H2,1-4H3,(H,21,24). The third-order valence-corrected chi connectivity index (χ3v) is 3.74. The van der Waals surface area contributed by atoms with Gasteiger partial charge < -0.3 is 19.4 Å². The molecule has 0 aliphatic rings. The Morgan fingerprint density at radius 2 is 1.88 bits per heavy atom. The van der Waals surface area contributed by atoms with Crippen LogP contribution in [0.4, 0.5) is 4.79 Å². The van der Waals surface area contributed by atoms with Crippen molar-refractivity contribution in [1.29, 1.82) is 0 Å².